The van der Waals surface area contributed by atoms with E-state index in [9.17, 15) is 0 Å². The Bertz CT molecular complexity index is 3820. The summed E-state index contributed by atoms with van der Waals surface area (Å²) >= 11 is 5.64. The van der Waals surface area contributed by atoms with Gasteiger partial charge in [-0.15, -0.1) is 34.0 Å². The SMILES string of the molecule is C=Cc1ccc(COCCCCCCc2ccc(N(c3ccc(CCCCCC)cc3)c3ccc(-c4ccc(-c5ccc(-c6ccc(-c7ccc(N(c8ccc(CCCCCC)cc8)c8ccc(CCCCCCOCc9ccc(C=C)cc9)cc8)cc7)s6)s5)s4)cc3)cc2)cc1. The number of unbranched alkanes of at least 4 members (excludes halogenated alkanes) is 12. The molecule has 0 saturated heterocycles. The van der Waals surface area contributed by atoms with Crippen LogP contribution in [0.15, 0.2) is 244 Å². The lowest BCUT2D eigenvalue weighted by Crippen LogP contribution is -2.10. The summed E-state index contributed by atoms with van der Waals surface area (Å²) in [5.41, 5.74) is 19.8. The third-order valence-corrected chi connectivity index (χ3v) is 22.3. The molecule has 8 aromatic carbocycles. The van der Waals surface area contributed by atoms with E-state index in [4.69, 9.17) is 9.47 Å². The maximum Gasteiger partial charge on any atom is 0.0716 e. The van der Waals surface area contributed by atoms with Crippen LogP contribution in [0.3, 0.4) is 0 Å². The molecule has 498 valence electrons. The minimum absolute atomic E-state index is 0.667. The van der Waals surface area contributed by atoms with Crippen molar-refractivity contribution in [1.82, 2.24) is 0 Å². The molecule has 0 spiro atoms. The van der Waals surface area contributed by atoms with Crippen LogP contribution in [0.5, 0.6) is 0 Å². The zero-order valence-corrected chi connectivity index (χ0v) is 59.9. The summed E-state index contributed by atoms with van der Waals surface area (Å²) in [4.78, 5) is 12.6. The van der Waals surface area contributed by atoms with Crippen LogP contribution >= 0.6 is 34.0 Å². The Kier molecular flexibility index (Phi) is 27.2. The number of ether oxygens (including phenoxy) is 2. The van der Waals surface area contributed by atoms with Gasteiger partial charge in [-0.25, -0.2) is 0 Å². The highest BCUT2D eigenvalue weighted by Crippen LogP contribution is 2.45. The Labute approximate surface area is 592 Å². The summed E-state index contributed by atoms with van der Waals surface area (Å²) in [6, 6.07) is 86.3. The van der Waals surface area contributed by atoms with Gasteiger partial charge in [-0.05, 0) is 229 Å². The first-order valence-corrected chi connectivity index (χ1v) is 38.4. The number of rotatable bonds is 40. The first kappa shape index (κ1) is 70.2. The minimum atomic E-state index is 0.667. The van der Waals surface area contributed by atoms with E-state index in [0.29, 0.717) is 13.2 Å². The topological polar surface area (TPSA) is 24.9 Å². The average Bonchev–Trinajstić information content (AvgIpc) is 1.58. The number of aryl methyl sites for hydroxylation is 4. The zero-order valence-electron chi connectivity index (χ0n) is 57.4. The summed E-state index contributed by atoms with van der Waals surface area (Å²) in [7, 11) is 0. The van der Waals surface area contributed by atoms with Gasteiger partial charge in [0.15, 0.2) is 0 Å². The fourth-order valence-corrected chi connectivity index (χ4v) is 15.9. The van der Waals surface area contributed by atoms with Crippen molar-refractivity contribution in [2.24, 2.45) is 0 Å². The Hall–Kier alpha value is -8.14. The molecule has 97 heavy (non-hydrogen) atoms. The van der Waals surface area contributed by atoms with Gasteiger partial charge >= 0.3 is 0 Å². The van der Waals surface area contributed by atoms with Crippen LogP contribution in [-0.2, 0) is 48.4 Å². The van der Waals surface area contributed by atoms with E-state index in [0.717, 1.165) is 74.2 Å². The van der Waals surface area contributed by atoms with Crippen LogP contribution in [0.4, 0.5) is 34.1 Å². The second-order valence-corrected chi connectivity index (χ2v) is 29.1. The number of nitrogens with zero attached hydrogens (tertiary/aromatic N) is 2. The normalized spacial score (nSPS) is 11.3. The Balaban J connectivity index is 0.705. The molecule has 4 nitrogen and oxygen atoms in total. The maximum atomic E-state index is 5.98. The van der Waals surface area contributed by atoms with E-state index in [-0.39, 0.29) is 0 Å². The van der Waals surface area contributed by atoms with Gasteiger partial charge in [-0.1, -0.05) is 225 Å². The van der Waals surface area contributed by atoms with Gasteiger partial charge in [0.1, 0.15) is 0 Å². The smallest absolute Gasteiger partial charge is 0.0716 e. The van der Waals surface area contributed by atoms with Gasteiger partial charge in [-0.3, -0.25) is 0 Å². The molecule has 0 aliphatic heterocycles. The first-order chi connectivity index (χ1) is 47.9. The van der Waals surface area contributed by atoms with Crippen LogP contribution < -0.4 is 9.80 Å². The lowest BCUT2D eigenvalue weighted by Gasteiger charge is -2.26. The van der Waals surface area contributed by atoms with Gasteiger partial charge in [-0.2, -0.15) is 0 Å². The summed E-state index contributed by atoms with van der Waals surface area (Å²) < 4.78 is 12.0. The molecule has 0 fully saturated rings. The van der Waals surface area contributed by atoms with Crippen LogP contribution in [0.25, 0.3) is 52.5 Å². The fraction of sp³-hybridized carbons (Fsp3) is 0.289. The molecule has 11 aromatic rings. The Morgan fingerprint density at radius 1 is 0.268 bits per heavy atom. The van der Waals surface area contributed by atoms with E-state index in [1.54, 1.807) is 0 Å². The number of hydrogen-bond donors (Lipinski definition) is 0. The van der Waals surface area contributed by atoms with Crippen molar-refractivity contribution in [2.45, 2.75) is 155 Å². The van der Waals surface area contributed by atoms with Gasteiger partial charge in [0, 0.05) is 76.6 Å². The number of hydrogen-bond acceptors (Lipinski definition) is 7. The van der Waals surface area contributed by atoms with E-state index in [1.807, 2.05) is 46.2 Å². The van der Waals surface area contributed by atoms with Crippen LogP contribution in [0.2, 0.25) is 0 Å². The number of benzene rings is 8. The molecule has 3 aromatic heterocycles. The number of thiophene rings is 3. The van der Waals surface area contributed by atoms with Crippen LogP contribution in [0, 0.1) is 0 Å². The lowest BCUT2D eigenvalue weighted by molar-refractivity contribution is 0.116. The van der Waals surface area contributed by atoms with Gasteiger partial charge in [0.25, 0.3) is 0 Å². The highest BCUT2D eigenvalue weighted by atomic mass is 32.1. The molecular weight excluding hydrogens is 1240 g/mol. The third kappa shape index (κ3) is 20.7. The monoisotopic (exact) mass is 1330 g/mol. The average molecular weight is 1340 g/mol. The molecule has 0 saturated carbocycles. The van der Waals surface area contributed by atoms with Crippen molar-refractivity contribution in [3.05, 3.63) is 288 Å². The van der Waals surface area contributed by atoms with Crippen molar-refractivity contribution in [3.8, 4) is 40.4 Å². The summed E-state index contributed by atoms with van der Waals surface area (Å²) in [6.07, 6.45) is 27.7. The molecule has 7 heteroatoms. The Morgan fingerprint density at radius 2 is 0.515 bits per heavy atom. The lowest BCUT2D eigenvalue weighted by atomic mass is 10.0. The maximum absolute atomic E-state index is 5.98. The van der Waals surface area contributed by atoms with E-state index in [1.165, 1.54) is 186 Å². The summed E-state index contributed by atoms with van der Waals surface area (Å²) in [5, 5.41) is 0. The van der Waals surface area contributed by atoms with Crippen molar-refractivity contribution in [3.63, 3.8) is 0 Å². The third-order valence-electron chi connectivity index (χ3n) is 18.5. The van der Waals surface area contributed by atoms with E-state index < -0.39 is 0 Å². The molecule has 0 amide bonds. The largest absolute Gasteiger partial charge is 0.377 e. The van der Waals surface area contributed by atoms with Crippen molar-refractivity contribution in [2.75, 3.05) is 23.0 Å². The Morgan fingerprint density at radius 3 is 0.804 bits per heavy atom. The molecule has 0 aliphatic carbocycles. The predicted octanol–water partition coefficient (Wildman–Crippen LogP) is 27.6. The second-order valence-electron chi connectivity index (χ2n) is 25.9. The molecule has 0 bridgehead atoms. The van der Waals surface area contributed by atoms with Crippen LogP contribution in [-0.4, -0.2) is 13.2 Å². The minimum Gasteiger partial charge on any atom is -0.377 e. The molecule has 3 heterocycles. The van der Waals surface area contributed by atoms with Crippen molar-refractivity contribution >= 4 is 80.3 Å². The molecule has 11 rings (SSSR count). The van der Waals surface area contributed by atoms with Gasteiger partial charge in [0.2, 0.25) is 0 Å². The van der Waals surface area contributed by atoms with Crippen molar-refractivity contribution in [1.29, 1.82) is 0 Å². The standard InChI is InChI=1S/C90H98N2O2S3/c1-5-9-11-17-23-71-35-47-79(48-36-71)91(81-51-39-73(40-52-81)25-19-13-15-21-65-93-67-75-31-27-69(7-3)28-32-75)83-55-43-77(44-56-83)85-59-61-87(95-85)89-63-64-90(97-89)88-62-60-86(96-88)78-45-57-84(58-46-78)92(80-49-37-72(38-50-80)24-18-12-10-6-2)82-53-41-74(42-54-82)26-20-14-16-22-66-94-68-76-33-29-70(8-4)30-34-76/h7-8,27-64H,3-6,9-26,65-68H2,1-2H3. The predicted molar refractivity (Wildman–Crippen MR) is 424 cm³/mol. The van der Waals surface area contributed by atoms with Gasteiger partial charge < -0.3 is 19.3 Å². The molecule has 0 unspecified atom stereocenters. The first-order valence-electron chi connectivity index (χ1n) is 36.0. The molecule has 0 aliphatic rings. The van der Waals surface area contributed by atoms with E-state index >= 15 is 0 Å². The number of anilines is 6. The summed E-state index contributed by atoms with van der Waals surface area (Å²) in [6.45, 7) is 15.2. The van der Waals surface area contributed by atoms with Gasteiger partial charge in [0.05, 0.1) is 13.2 Å². The zero-order chi connectivity index (χ0) is 66.6. The molecule has 0 atom stereocenters. The highest BCUT2D eigenvalue weighted by molar-refractivity contribution is 7.27. The van der Waals surface area contributed by atoms with Crippen LogP contribution in [0.1, 0.15) is 161 Å². The molecular formula is C90H98N2O2S3. The molecule has 0 radical (unpaired) electrons. The summed E-state index contributed by atoms with van der Waals surface area (Å²) in [5.74, 6) is 0. The quantitative estimate of drug-likeness (QED) is 0.0357. The highest BCUT2D eigenvalue weighted by Gasteiger charge is 2.18. The van der Waals surface area contributed by atoms with E-state index in [2.05, 4.69) is 267 Å². The van der Waals surface area contributed by atoms with Crippen molar-refractivity contribution < 1.29 is 9.47 Å². The second kappa shape index (κ2) is 37.6. The fourth-order valence-electron chi connectivity index (χ4n) is 12.7. The molecule has 0 N–H and O–H groups in total.